The minimum absolute atomic E-state index is 0.0941. The van der Waals surface area contributed by atoms with Crippen LogP contribution < -0.4 is 15.4 Å². The van der Waals surface area contributed by atoms with Crippen LogP contribution in [0.3, 0.4) is 0 Å². The highest BCUT2D eigenvalue weighted by Crippen LogP contribution is 2.25. The maximum atomic E-state index is 12.8. The lowest BCUT2D eigenvalue weighted by molar-refractivity contribution is -0.117. The van der Waals surface area contributed by atoms with Gasteiger partial charge >= 0.3 is 0 Å². The summed E-state index contributed by atoms with van der Waals surface area (Å²) in [5.74, 6) is 0.566. The number of nitrogens with zero attached hydrogens (tertiary/aromatic N) is 2. The predicted molar refractivity (Wildman–Crippen MR) is 132 cm³/mol. The number of aromatic nitrogens is 2. The van der Waals surface area contributed by atoms with Gasteiger partial charge in [-0.3, -0.25) is 9.59 Å². The van der Waals surface area contributed by atoms with Gasteiger partial charge in [-0.1, -0.05) is 36.0 Å². The molecule has 2 N–H and O–H groups in total. The summed E-state index contributed by atoms with van der Waals surface area (Å²) >= 11 is 1.29. The second-order valence-electron chi connectivity index (χ2n) is 7.45. The van der Waals surface area contributed by atoms with Gasteiger partial charge in [0.15, 0.2) is 5.16 Å². The van der Waals surface area contributed by atoms with Crippen LogP contribution >= 0.6 is 11.8 Å². The zero-order valence-corrected chi connectivity index (χ0v) is 19.2. The summed E-state index contributed by atoms with van der Waals surface area (Å²) in [6, 6.07) is 22.4. The number of ether oxygens (including phenoxy) is 1. The van der Waals surface area contributed by atoms with Crippen molar-refractivity contribution in [2.75, 3.05) is 23.5 Å². The molecule has 0 saturated carbocycles. The third-order valence-electron chi connectivity index (χ3n) is 4.93. The number of benzene rings is 3. The molecule has 0 aliphatic heterocycles. The monoisotopic (exact) mass is 460 g/mol. The molecule has 0 spiro atoms. The highest BCUT2D eigenvalue weighted by atomic mass is 32.2. The number of nitrogens with one attached hydrogen (secondary N) is 2. The first kappa shape index (κ1) is 22.4. The average molecular weight is 461 g/mol. The molecule has 0 aliphatic carbocycles. The fourth-order valence-corrected chi connectivity index (χ4v) is 4.20. The lowest BCUT2D eigenvalue weighted by atomic mass is 10.2. The smallest absolute Gasteiger partial charge is 0.244 e. The van der Waals surface area contributed by atoms with Crippen molar-refractivity contribution in [2.45, 2.75) is 18.6 Å². The van der Waals surface area contributed by atoms with Gasteiger partial charge < -0.3 is 19.9 Å². The Morgan fingerprint density at radius 3 is 2.45 bits per heavy atom. The molecule has 3 aromatic carbocycles. The molecule has 7 nitrogen and oxygen atoms in total. The average Bonchev–Trinajstić information content (AvgIpc) is 3.15. The third-order valence-corrected chi connectivity index (χ3v) is 5.91. The Morgan fingerprint density at radius 2 is 1.70 bits per heavy atom. The fourth-order valence-electron chi connectivity index (χ4n) is 3.38. The molecule has 4 aromatic rings. The van der Waals surface area contributed by atoms with Crippen LogP contribution in [0.15, 0.2) is 78.0 Å². The number of methoxy groups -OCH3 is 1. The second kappa shape index (κ2) is 10.2. The molecule has 8 heteroatoms. The van der Waals surface area contributed by atoms with Crippen molar-refractivity contribution in [3.05, 3.63) is 78.4 Å². The van der Waals surface area contributed by atoms with Crippen LogP contribution in [-0.4, -0.2) is 34.2 Å². The summed E-state index contributed by atoms with van der Waals surface area (Å²) in [5, 5.41) is 6.41. The van der Waals surface area contributed by atoms with Crippen LogP contribution in [0.1, 0.15) is 5.56 Å². The number of rotatable bonds is 8. The number of para-hydroxylation sites is 2. The number of hydrogen-bond acceptors (Lipinski definition) is 5. The van der Waals surface area contributed by atoms with Crippen molar-refractivity contribution in [1.29, 1.82) is 0 Å². The molecule has 0 radical (unpaired) electrons. The lowest BCUT2D eigenvalue weighted by Gasteiger charge is -2.10. The lowest BCUT2D eigenvalue weighted by Crippen LogP contribution is -2.20. The van der Waals surface area contributed by atoms with E-state index in [1.54, 1.807) is 31.4 Å². The summed E-state index contributed by atoms with van der Waals surface area (Å²) < 4.78 is 6.97. The van der Waals surface area contributed by atoms with Crippen LogP contribution in [0, 0.1) is 6.92 Å². The van der Waals surface area contributed by atoms with E-state index in [0.717, 1.165) is 28.0 Å². The summed E-state index contributed by atoms with van der Waals surface area (Å²) in [5.41, 5.74) is 4.12. The summed E-state index contributed by atoms with van der Waals surface area (Å²) in [4.78, 5) is 29.9. The number of carbonyl (C=O) groups is 2. The zero-order valence-electron chi connectivity index (χ0n) is 18.4. The van der Waals surface area contributed by atoms with Gasteiger partial charge in [0, 0.05) is 11.4 Å². The van der Waals surface area contributed by atoms with E-state index in [1.807, 2.05) is 60.0 Å². The van der Waals surface area contributed by atoms with Crippen LogP contribution in [0.2, 0.25) is 0 Å². The van der Waals surface area contributed by atoms with Gasteiger partial charge in [0.1, 0.15) is 12.3 Å². The normalized spacial score (nSPS) is 10.7. The molecule has 0 aliphatic rings. The highest BCUT2D eigenvalue weighted by Gasteiger charge is 2.16. The Bertz CT molecular complexity index is 1280. The number of aryl methyl sites for hydroxylation is 1. The first-order valence-corrected chi connectivity index (χ1v) is 11.4. The molecule has 33 heavy (non-hydrogen) atoms. The Balaban J connectivity index is 1.46. The number of amides is 2. The maximum absolute atomic E-state index is 12.8. The van der Waals surface area contributed by atoms with E-state index in [-0.39, 0.29) is 24.1 Å². The van der Waals surface area contributed by atoms with Gasteiger partial charge in [-0.25, -0.2) is 4.98 Å². The van der Waals surface area contributed by atoms with Crippen LogP contribution in [0.25, 0.3) is 11.0 Å². The molecular weight excluding hydrogens is 436 g/mol. The van der Waals surface area contributed by atoms with E-state index < -0.39 is 0 Å². The van der Waals surface area contributed by atoms with Crippen molar-refractivity contribution in [3.8, 4) is 5.75 Å². The first-order chi connectivity index (χ1) is 16.0. The van der Waals surface area contributed by atoms with E-state index in [2.05, 4.69) is 15.6 Å². The van der Waals surface area contributed by atoms with Crippen LogP contribution in [0.5, 0.6) is 5.75 Å². The zero-order chi connectivity index (χ0) is 23.2. The summed E-state index contributed by atoms with van der Waals surface area (Å²) in [6.07, 6.45) is 0. The van der Waals surface area contributed by atoms with E-state index >= 15 is 0 Å². The quantitative estimate of drug-likeness (QED) is 0.372. The number of fused-ring (bicyclic) bond motifs is 1. The Kier molecular flexibility index (Phi) is 6.95. The minimum Gasteiger partial charge on any atom is -0.497 e. The number of hydrogen-bond donors (Lipinski definition) is 2. The molecule has 0 saturated heterocycles. The van der Waals surface area contributed by atoms with Gasteiger partial charge in [0.05, 0.1) is 23.9 Å². The van der Waals surface area contributed by atoms with Gasteiger partial charge in [-0.2, -0.15) is 0 Å². The minimum atomic E-state index is -0.159. The Morgan fingerprint density at radius 1 is 0.939 bits per heavy atom. The highest BCUT2D eigenvalue weighted by molar-refractivity contribution is 7.99. The number of thioether (sulfide) groups is 1. The maximum Gasteiger partial charge on any atom is 0.244 e. The second-order valence-corrected chi connectivity index (χ2v) is 8.39. The van der Waals surface area contributed by atoms with Crippen LogP contribution in [0.4, 0.5) is 11.4 Å². The van der Waals surface area contributed by atoms with Crippen molar-refractivity contribution in [1.82, 2.24) is 9.55 Å². The van der Waals surface area contributed by atoms with Gasteiger partial charge in [0.2, 0.25) is 11.8 Å². The van der Waals surface area contributed by atoms with E-state index in [1.165, 1.54) is 11.8 Å². The number of imidazole rings is 1. The van der Waals surface area contributed by atoms with E-state index in [9.17, 15) is 9.59 Å². The summed E-state index contributed by atoms with van der Waals surface area (Å²) in [6.45, 7) is 2.07. The topological polar surface area (TPSA) is 85.2 Å². The molecule has 0 fully saturated rings. The van der Waals surface area contributed by atoms with Gasteiger partial charge in [-0.05, 0) is 61.0 Å². The van der Waals surface area contributed by atoms with Crippen molar-refractivity contribution >= 4 is 46.0 Å². The molecule has 4 rings (SSSR count). The largest absolute Gasteiger partial charge is 0.497 e. The third kappa shape index (κ3) is 5.72. The molecule has 0 bridgehead atoms. The fraction of sp³-hybridized carbons (Fsp3) is 0.160. The molecule has 2 amide bonds. The molecule has 0 atom stereocenters. The molecule has 168 valence electrons. The SMILES string of the molecule is COc1ccc(NC(=O)CSc2nc3ccccc3n2CC(=O)Nc2cccc(C)c2)cc1. The van der Waals surface area contributed by atoms with Crippen LogP contribution in [-0.2, 0) is 16.1 Å². The molecule has 0 unspecified atom stereocenters. The number of carbonyl (C=O) groups excluding carboxylic acids is 2. The molecule has 1 aromatic heterocycles. The number of anilines is 2. The molecular formula is C25H24N4O3S. The first-order valence-electron chi connectivity index (χ1n) is 10.4. The summed E-state index contributed by atoms with van der Waals surface area (Å²) in [7, 11) is 1.59. The van der Waals surface area contributed by atoms with Crippen molar-refractivity contribution in [2.24, 2.45) is 0 Å². The predicted octanol–water partition coefficient (Wildman–Crippen LogP) is 4.72. The van der Waals surface area contributed by atoms with E-state index in [4.69, 9.17) is 4.74 Å². The standard InChI is InChI=1S/C25H24N4O3S/c1-17-6-5-7-19(14-17)27-23(30)15-29-22-9-4-3-8-21(22)28-25(29)33-16-24(31)26-18-10-12-20(32-2)13-11-18/h3-14H,15-16H2,1-2H3,(H,26,31)(H,27,30). The van der Waals surface area contributed by atoms with Crippen molar-refractivity contribution in [3.63, 3.8) is 0 Å². The van der Waals surface area contributed by atoms with Gasteiger partial charge in [-0.15, -0.1) is 0 Å². The Labute approximate surface area is 196 Å². The van der Waals surface area contributed by atoms with E-state index in [0.29, 0.717) is 10.8 Å². The molecule has 1 heterocycles. The van der Waals surface area contributed by atoms with Gasteiger partial charge in [0.25, 0.3) is 0 Å². The van der Waals surface area contributed by atoms with Crippen molar-refractivity contribution < 1.29 is 14.3 Å². The Hall–Kier alpha value is -3.78.